The molecule has 252 valence electrons. The van der Waals surface area contributed by atoms with Gasteiger partial charge in [0.05, 0.1) is 40.3 Å². The number of rotatable bonds is 30. The van der Waals surface area contributed by atoms with Crippen molar-refractivity contribution in [2.24, 2.45) is 0 Å². The molecule has 0 amide bonds. The Bertz CT molecular complexity index is 732. The van der Waals surface area contributed by atoms with Crippen molar-refractivity contribution < 1.29 is 38.2 Å². The third-order valence-corrected chi connectivity index (χ3v) is 7.65. The second kappa shape index (κ2) is 27.6. The van der Waals surface area contributed by atoms with E-state index in [4.69, 9.17) is 14.2 Å². The Morgan fingerprint density at radius 1 is 0.674 bits per heavy atom. The van der Waals surface area contributed by atoms with Crippen LogP contribution in [-0.2, 0) is 28.6 Å². The number of aliphatic carboxylic acids is 1. The van der Waals surface area contributed by atoms with Crippen molar-refractivity contribution in [2.75, 3.05) is 41.0 Å². The van der Waals surface area contributed by atoms with E-state index in [1.54, 1.807) is 21.1 Å². The third-order valence-electron chi connectivity index (χ3n) is 7.65. The fourth-order valence-corrected chi connectivity index (χ4v) is 4.86. The molecular weight excluding hydrogens is 546 g/mol. The lowest BCUT2D eigenvalue weighted by Crippen LogP contribution is -2.55. The van der Waals surface area contributed by atoms with Crippen LogP contribution in [-0.4, -0.2) is 75.5 Å². The Labute approximate surface area is 263 Å². The molecule has 0 N–H and O–H groups in total. The molecule has 2 unspecified atom stereocenters. The number of hydrogen-bond acceptors (Lipinski definition) is 7. The Balaban J connectivity index is 4.15. The molecule has 0 saturated carbocycles. The number of carboxylic acid groups (broad SMARTS) is 1. The average molecular weight is 612 g/mol. The highest BCUT2D eigenvalue weighted by Gasteiger charge is 2.25. The van der Waals surface area contributed by atoms with Crippen molar-refractivity contribution in [3.8, 4) is 0 Å². The number of allylic oxidation sites excluding steroid dienone is 2. The summed E-state index contributed by atoms with van der Waals surface area (Å²) in [6.45, 7) is 4.40. The summed E-state index contributed by atoms with van der Waals surface area (Å²) in [6, 6.07) is -0.718. The summed E-state index contributed by atoms with van der Waals surface area (Å²) in [5.74, 6) is -1.78. The highest BCUT2D eigenvalue weighted by Crippen LogP contribution is 2.13. The van der Waals surface area contributed by atoms with Crippen molar-refractivity contribution in [3.63, 3.8) is 0 Å². The largest absolute Gasteiger partial charge is 0.544 e. The normalized spacial score (nSPS) is 13.2. The van der Waals surface area contributed by atoms with E-state index in [9.17, 15) is 19.5 Å². The van der Waals surface area contributed by atoms with Gasteiger partial charge in [0.2, 0.25) is 0 Å². The maximum absolute atomic E-state index is 12.5. The predicted octanol–water partition coefficient (Wildman–Crippen LogP) is 6.68. The third kappa shape index (κ3) is 26.2. The van der Waals surface area contributed by atoms with Gasteiger partial charge in [0.1, 0.15) is 12.6 Å². The summed E-state index contributed by atoms with van der Waals surface area (Å²) >= 11 is 0. The molecule has 0 spiro atoms. The number of unbranched alkanes of at least 4 members (excludes halogenated alkanes) is 14. The van der Waals surface area contributed by atoms with Crippen LogP contribution >= 0.6 is 0 Å². The highest BCUT2D eigenvalue weighted by atomic mass is 16.6. The second-order valence-electron chi connectivity index (χ2n) is 12.8. The van der Waals surface area contributed by atoms with Gasteiger partial charge in [-0.15, -0.1) is 0 Å². The standard InChI is InChI=1S/C35H65NO7/c1-6-8-10-11-12-13-14-15-16-17-18-19-20-21-22-23-24-26-34(38)43-31(30-42-33(37)25-9-7-2)29-41-28-27-32(35(39)40)36(3,4)5/h15-16,31-32H,6-14,17-30H2,1-5H3/b16-15-. The summed E-state index contributed by atoms with van der Waals surface area (Å²) in [4.78, 5) is 35.9. The first-order valence-electron chi connectivity index (χ1n) is 17.2. The minimum Gasteiger partial charge on any atom is -0.544 e. The number of quaternary nitrogens is 1. The van der Waals surface area contributed by atoms with Crippen LogP contribution in [0.4, 0.5) is 0 Å². The van der Waals surface area contributed by atoms with Crippen molar-refractivity contribution in [2.45, 2.75) is 154 Å². The topological polar surface area (TPSA) is 102 Å². The zero-order chi connectivity index (χ0) is 32.2. The van der Waals surface area contributed by atoms with Crippen molar-refractivity contribution in [3.05, 3.63) is 12.2 Å². The Morgan fingerprint density at radius 3 is 1.72 bits per heavy atom. The molecule has 0 heterocycles. The molecule has 0 aliphatic heterocycles. The molecule has 0 saturated heterocycles. The molecule has 0 aromatic rings. The van der Waals surface area contributed by atoms with Gasteiger partial charge in [0.25, 0.3) is 0 Å². The van der Waals surface area contributed by atoms with E-state index in [-0.39, 0.29) is 42.7 Å². The van der Waals surface area contributed by atoms with E-state index < -0.39 is 18.1 Å². The predicted molar refractivity (Wildman–Crippen MR) is 171 cm³/mol. The summed E-state index contributed by atoms with van der Waals surface area (Å²) in [5.41, 5.74) is 0. The van der Waals surface area contributed by atoms with E-state index in [1.165, 1.54) is 77.0 Å². The first kappa shape index (κ1) is 41.1. The Morgan fingerprint density at radius 2 is 1.19 bits per heavy atom. The zero-order valence-electron chi connectivity index (χ0n) is 28.4. The van der Waals surface area contributed by atoms with Gasteiger partial charge < -0.3 is 28.6 Å². The SMILES string of the molecule is CCCCCCCC/C=C\CCCCCCCCCC(=O)OC(COCCC(C(=O)[O-])[N+](C)(C)C)COC(=O)CCCC. The molecule has 8 nitrogen and oxygen atoms in total. The van der Waals surface area contributed by atoms with Crippen LogP contribution in [0.1, 0.15) is 142 Å². The average Bonchev–Trinajstić information content (AvgIpc) is 2.95. The lowest BCUT2D eigenvalue weighted by atomic mass is 10.1. The fourth-order valence-electron chi connectivity index (χ4n) is 4.86. The van der Waals surface area contributed by atoms with Crippen molar-refractivity contribution >= 4 is 17.9 Å². The number of ether oxygens (including phenoxy) is 3. The second-order valence-corrected chi connectivity index (χ2v) is 12.8. The van der Waals surface area contributed by atoms with Crippen LogP contribution in [0.2, 0.25) is 0 Å². The number of esters is 2. The van der Waals surface area contributed by atoms with Crippen LogP contribution in [0, 0.1) is 0 Å². The minimum absolute atomic E-state index is 0.0396. The highest BCUT2D eigenvalue weighted by molar-refractivity contribution is 5.70. The summed E-state index contributed by atoms with van der Waals surface area (Å²) in [5, 5.41) is 11.5. The van der Waals surface area contributed by atoms with Crippen LogP contribution < -0.4 is 5.11 Å². The van der Waals surface area contributed by atoms with E-state index in [2.05, 4.69) is 19.1 Å². The first-order chi connectivity index (χ1) is 20.6. The zero-order valence-corrected chi connectivity index (χ0v) is 28.4. The number of hydrogen-bond donors (Lipinski definition) is 0. The number of nitrogens with zero attached hydrogens (tertiary/aromatic N) is 1. The smallest absolute Gasteiger partial charge is 0.306 e. The maximum atomic E-state index is 12.5. The van der Waals surface area contributed by atoms with Crippen LogP contribution in [0.3, 0.4) is 0 Å². The summed E-state index contributed by atoms with van der Waals surface area (Å²) < 4.78 is 16.8. The minimum atomic E-state index is -1.13. The first-order valence-corrected chi connectivity index (χ1v) is 17.2. The quantitative estimate of drug-likeness (QED) is 0.0386. The number of carbonyl (C=O) groups is 3. The van der Waals surface area contributed by atoms with Gasteiger partial charge in [-0.2, -0.15) is 0 Å². The van der Waals surface area contributed by atoms with Crippen LogP contribution in [0.5, 0.6) is 0 Å². The van der Waals surface area contributed by atoms with Gasteiger partial charge in [0.15, 0.2) is 6.10 Å². The van der Waals surface area contributed by atoms with E-state index in [0.717, 1.165) is 32.1 Å². The molecule has 0 aromatic carbocycles. The molecule has 8 heteroatoms. The van der Waals surface area contributed by atoms with E-state index in [0.29, 0.717) is 12.8 Å². The van der Waals surface area contributed by atoms with Gasteiger partial charge in [-0.25, -0.2) is 0 Å². The lowest BCUT2D eigenvalue weighted by Gasteiger charge is -2.34. The van der Waals surface area contributed by atoms with Crippen molar-refractivity contribution in [1.29, 1.82) is 0 Å². The number of carboxylic acids is 1. The van der Waals surface area contributed by atoms with Gasteiger partial charge in [-0.3, -0.25) is 9.59 Å². The van der Waals surface area contributed by atoms with Gasteiger partial charge in [-0.05, 0) is 38.5 Å². The molecule has 0 bridgehead atoms. The summed E-state index contributed by atoms with van der Waals surface area (Å²) in [6.07, 6.45) is 24.8. The Hall–Kier alpha value is -1.93. The molecule has 0 rings (SSSR count). The molecule has 0 aromatic heterocycles. The fraction of sp³-hybridized carbons (Fsp3) is 0.857. The van der Waals surface area contributed by atoms with Crippen LogP contribution in [0.25, 0.3) is 0 Å². The molecular formula is C35H65NO7. The molecule has 0 radical (unpaired) electrons. The Kier molecular flexibility index (Phi) is 26.4. The maximum Gasteiger partial charge on any atom is 0.306 e. The molecule has 0 aliphatic rings. The lowest BCUT2D eigenvalue weighted by molar-refractivity contribution is -0.889. The van der Waals surface area contributed by atoms with Crippen molar-refractivity contribution in [1.82, 2.24) is 0 Å². The van der Waals surface area contributed by atoms with E-state index >= 15 is 0 Å². The van der Waals surface area contributed by atoms with Gasteiger partial charge in [0, 0.05) is 19.3 Å². The monoisotopic (exact) mass is 611 g/mol. The molecule has 0 fully saturated rings. The van der Waals surface area contributed by atoms with E-state index in [1.807, 2.05) is 6.92 Å². The van der Waals surface area contributed by atoms with Gasteiger partial charge in [-0.1, -0.05) is 96.6 Å². The molecule has 2 atom stereocenters. The number of carbonyl (C=O) groups excluding carboxylic acids is 3. The molecule has 43 heavy (non-hydrogen) atoms. The van der Waals surface area contributed by atoms with Crippen LogP contribution in [0.15, 0.2) is 12.2 Å². The molecule has 0 aliphatic carbocycles. The summed E-state index contributed by atoms with van der Waals surface area (Å²) in [7, 11) is 5.37. The van der Waals surface area contributed by atoms with Gasteiger partial charge >= 0.3 is 11.9 Å². The number of likely N-dealkylation sites (N-methyl/N-ethyl adjacent to an activating group) is 1.